The van der Waals surface area contributed by atoms with Gasteiger partial charge < -0.3 is 11.5 Å². The number of nitrogen functional groups attached to an aromatic ring is 2. The number of anilines is 2. The summed E-state index contributed by atoms with van der Waals surface area (Å²) in [5.74, 6) is 0. The third-order valence-corrected chi connectivity index (χ3v) is 2.52. The van der Waals surface area contributed by atoms with Gasteiger partial charge in [-0.1, -0.05) is 6.07 Å². The number of nitrogens with two attached hydrogens (primary N) is 2. The lowest BCUT2D eigenvalue weighted by Gasteiger charge is -2.03. The lowest BCUT2D eigenvalue weighted by Crippen LogP contribution is -1.93. The Labute approximate surface area is 91.9 Å². The van der Waals surface area contributed by atoms with E-state index in [1.54, 1.807) is 0 Å². The normalized spacial score (nSPS) is 11.0. The number of para-hydroxylation sites is 1. The van der Waals surface area contributed by atoms with E-state index in [-0.39, 0.29) is 0 Å². The molecule has 0 amide bonds. The van der Waals surface area contributed by atoms with Crippen molar-refractivity contribution in [2.75, 3.05) is 11.5 Å². The number of nitrogens with zero attached hydrogens (tertiary/aromatic N) is 2. The molecule has 1 heterocycles. The van der Waals surface area contributed by atoms with Crippen LogP contribution in [-0.4, -0.2) is 9.97 Å². The highest BCUT2D eigenvalue weighted by molar-refractivity contribution is 5.93. The highest BCUT2D eigenvalue weighted by atomic mass is 14.8. The predicted octanol–water partition coefficient (Wildman–Crippen LogP) is 1.95. The molecule has 4 N–H and O–H groups in total. The standard InChI is InChI=1S/C12H10N4/c13-7-4-5-9-11(6-7)15-10-3-1-2-8(14)12(10)16-9/h1-6H,13-14H2. The molecule has 4 heteroatoms. The Balaban J connectivity index is 2.49. The molecule has 0 unspecified atom stereocenters. The monoisotopic (exact) mass is 210 g/mol. The fraction of sp³-hybridized carbons (Fsp3) is 0. The summed E-state index contributed by atoms with van der Waals surface area (Å²) in [4.78, 5) is 8.95. The van der Waals surface area contributed by atoms with Crippen molar-refractivity contribution in [1.29, 1.82) is 0 Å². The second kappa shape index (κ2) is 3.06. The predicted molar refractivity (Wildman–Crippen MR) is 65.9 cm³/mol. The Morgan fingerprint density at radius 1 is 0.812 bits per heavy atom. The van der Waals surface area contributed by atoms with Gasteiger partial charge in [0.05, 0.1) is 22.2 Å². The molecule has 0 spiro atoms. The number of hydrogen-bond donors (Lipinski definition) is 2. The van der Waals surface area contributed by atoms with Gasteiger partial charge in [0, 0.05) is 5.69 Å². The quantitative estimate of drug-likeness (QED) is 0.439. The van der Waals surface area contributed by atoms with Crippen molar-refractivity contribution in [3.8, 4) is 0 Å². The average molecular weight is 210 g/mol. The molecule has 0 saturated carbocycles. The summed E-state index contributed by atoms with van der Waals surface area (Å²) in [6.07, 6.45) is 0. The van der Waals surface area contributed by atoms with Gasteiger partial charge in [0.15, 0.2) is 0 Å². The van der Waals surface area contributed by atoms with Crippen molar-refractivity contribution in [1.82, 2.24) is 9.97 Å². The van der Waals surface area contributed by atoms with Crippen LogP contribution in [0.2, 0.25) is 0 Å². The van der Waals surface area contributed by atoms with Crippen LogP contribution >= 0.6 is 0 Å². The van der Waals surface area contributed by atoms with E-state index in [9.17, 15) is 0 Å². The summed E-state index contributed by atoms with van der Waals surface area (Å²) >= 11 is 0. The Morgan fingerprint density at radius 3 is 2.56 bits per heavy atom. The highest BCUT2D eigenvalue weighted by Gasteiger charge is 2.03. The lowest BCUT2D eigenvalue weighted by molar-refractivity contribution is 1.40. The molecule has 78 valence electrons. The summed E-state index contributed by atoms with van der Waals surface area (Å²) < 4.78 is 0. The molecule has 0 saturated heterocycles. The maximum atomic E-state index is 5.85. The largest absolute Gasteiger partial charge is 0.399 e. The minimum atomic E-state index is 0.642. The molecule has 3 aromatic rings. The third-order valence-electron chi connectivity index (χ3n) is 2.52. The zero-order chi connectivity index (χ0) is 11.1. The van der Waals surface area contributed by atoms with Crippen molar-refractivity contribution in [2.45, 2.75) is 0 Å². The highest BCUT2D eigenvalue weighted by Crippen LogP contribution is 2.21. The van der Waals surface area contributed by atoms with Crippen LogP contribution < -0.4 is 11.5 Å². The molecule has 16 heavy (non-hydrogen) atoms. The Morgan fingerprint density at radius 2 is 1.69 bits per heavy atom. The summed E-state index contributed by atoms with van der Waals surface area (Å²) in [5, 5.41) is 0. The van der Waals surface area contributed by atoms with E-state index in [1.807, 2.05) is 36.4 Å². The average Bonchev–Trinajstić information content (AvgIpc) is 2.27. The zero-order valence-electron chi connectivity index (χ0n) is 8.51. The van der Waals surface area contributed by atoms with Crippen molar-refractivity contribution < 1.29 is 0 Å². The molecule has 0 atom stereocenters. The van der Waals surface area contributed by atoms with Gasteiger partial charge >= 0.3 is 0 Å². The van der Waals surface area contributed by atoms with Crippen LogP contribution in [0.1, 0.15) is 0 Å². The van der Waals surface area contributed by atoms with Gasteiger partial charge in [0.25, 0.3) is 0 Å². The lowest BCUT2D eigenvalue weighted by atomic mass is 10.2. The molecule has 4 nitrogen and oxygen atoms in total. The minimum absolute atomic E-state index is 0.642. The molecule has 0 aliphatic rings. The van der Waals surface area contributed by atoms with E-state index >= 15 is 0 Å². The fourth-order valence-corrected chi connectivity index (χ4v) is 1.74. The van der Waals surface area contributed by atoms with Crippen LogP contribution in [-0.2, 0) is 0 Å². The molecule has 0 bridgehead atoms. The number of hydrogen-bond acceptors (Lipinski definition) is 4. The number of aromatic nitrogens is 2. The number of rotatable bonds is 0. The molecule has 2 aromatic carbocycles. The maximum Gasteiger partial charge on any atom is 0.112 e. The molecule has 1 aromatic heterocycles. The second-order valence-corrected chi connectivity index (χ2v) is 3.69. The van der Waals surface area contributed by atoms with Crippen molar-refractivity contribution in [3.05, 3.63) is 36.4 Å². The van der Waals surface area contributed by atoms with Gasteiger partial charge in [-0.3, -0.25) is 0 Å². The van der Waals surface area contributed by atoms with Crippen LogP contribution in [0.25, 0.3) is 22.1 Å². The Bertz CT molecular complexity index is 690. The first kappa shape index (κ1) is 8.91. The SMILES string of the molecule is Nc1ccc2nc3c(N)cccc3nc2c1. The van der Waals surface area contributed by atoms with Gasteiger partial charge in [0.1, 0.15) is 5.52 Å². The second-order valence-electron chi connectivity index (χ2n) is 3.69. The van der Waals surface area contributed by atoms with E-state index in [4.69, 9.17) is 11.5 Å². The smallest absolute Gasteiger partial charge is 0.112 e. The van der Waals surface area contributed by atoms with Gasteiger partial charge in [-0.2, -0.15) is 0 Å². The summed E-state index contributed by atoms with van der Waals surface area (Å²) in [7, 11) is 0. The molecule has 0 aliphatic carbocycles. The summed E-state index contributed by atoms with van der Waals surface area (Å²) in [6, 6.07) is 11.0. The first-order valence-electron chi connectivity index (χ1n) is 4.95. The zero-order valence-corrected chi connectivity index (χ0v) is 8.51. The van der Waals surface area contributed by atoms with Crippen molar-refractivity contribution in [3.63, 3.8) is 0 Å². The maximum absolute atomic E-state index is 5.85. The van der Waals surface area contributed by atoms with Gasteiger partial charge in [0.2, 0.25) is 0 Å². The Hall–Kier alpha value is -2.36. The number of benzene rings is 2. The molecular formula is C12H10N4. The van der Waals surface area contributed by atoms with Crippen LogP contribution in [0.4, 0.5) is 11.4 Å². The van der Waals surface area contributed by atoms with E-state index in [1.165, 1.54) is 0 Å². The minimum Gasteiger partial charge on any atom is -0.399 e. The van der Waals surface area contributed by atoms with E-state index in [0.29, 0.717) is 11.4 Å². The van der Waals surface area contributed by atoms with Gasteiger partial charge in [-0.25, -0.2) is 9.97 Å². The van der Waals surface area contributed by atoms with Crippen molar-refractivity contribution in [2.24, 2.45) is 0 Å². The first-order valence-corrected chi connectivity index (χ1v) is 4.95. The molecular weight excluding hydrogens is 200 g/mol. The molecule has 0 radical (unpaired) electrons. The van der Waals surface area contributed by atoms with Gasteiger partial charge in [-0.15, -0.1) is 0 Å². The summed E-state index contributed by atoms with van der Waals surface area (Å²) in [5.41, 5.74) is 16.0. The fourth-order valence-electron chi connectivity index (χ4n) is 1.74. The van der Waals surface area contributed by atoms with E-state index in [0.717, 1.165) is 22.1 Å². The van der Waals surface area contributed by atoms with Gasteiger partial charge in [-0.05, 0) is 30.3 Å². The third kappa shape index (κ3) is 1.24. The van der Waals surface area contributed by atoms with E-state index in [2.05, 4.69) is 9.97 Å². The van der Waals surface area contributed by atoms with Crippen LogP contribution in [0.3, 0.4) is 0 Å². The van der Waals surface area contributed by atoms with E-state index < -0.39 is 0 Å². The van der Waals surface area contributed by atoms with Crippen LogP contribution in [0, 0.1) is 0 Å². The number of fused-ring (bicyclic) bond motifs is 2. The first-order chi connectivity index (χ1) is 7.74. The van der Waals surface area contributed by atoms with Crippen LogP contribution in [0.5, 0.6) is 0 Å². The molecule has 3 rings (SSSR count). The Kier molecular flexibility index (Phi) is 1.71. The van der Waals surface area contributed by atoms with Crippen LogP contribution in [0.15, 0.2) is 36.4 Å². The molecule has 0 aliphatic heterocycles. The topological polar surface area (TPSA) is 77.8 Å². The van der Waals surface area contributed by atoms with Crippen molar-refractivity contribution >= 4 is 33.4 Å². The summed E-state index contributed by atoms with van der Waals surface area (Å²) in [6.45, 7) is 0. The molecule has 0 fully saturated rings.